The van der Waals surface area contributed by atoms with Crippen LogP contribution in [-0.4, -0.2) is 10.6 Å². The van der Waals surface area contributed by atoms with Gasteiger partial charge in [0.05, 0.1) is 6.54 Å². The number of urea groups is 1. The van der Waals surface area contributed by atoms with Gasteiger partial charge in [0.15, 0.2) is 0 Å². The molecule has 0 saturated carbocycles. The summed E-state index contributed by atoms with van der Waals surface area (Å²) in [7, 11) is 0. The molecule has 0 spiro atoms. The van der Waals surface area contributed by atoms with Crippen LogP contribution in [0.1, 0.15) is 18.7 Å². The van der Waals surface area contributed by atoms with Crippen molar-refractivity contribution < 1.29 is 4.79 Å². The van der Waals surface area contributed by atoms with Crippen LogP contribution < -0.4 is 10.6 Å². The highest BCUT2D eigenvalue weighted by Crippen LogP contribution is 2.21. The summed E-state index contributed by atoms with van der Waals surface area (Å²) >= 11 is 1.64. The van der Waals surface area contributed by atoms with E-state index in [1.54, 1.807) is 11.3 Å². The van der Waals surface area contributed by atoms with Crippen molar-refractivity contribution >= 4 is 34.0 Å². The van der Waals surface area contributed by atoms with Crippen molar-refractivity contribution in [2.24, 2.45) is 5.92 Å². The maximum absolute atomic E-state index is 12.0. The summed E-state index contributed by atoms with van der Waals surface area (Å²) in [5.74, 6) is 0.603. The lowest BCUT2D eigenvalue weighted by molar-refractivity contribution is 0.252. The topological polar surface area (TPSA) is 46.1 Å². The van der Waals surface area contributed by atoms with Gasteiger partial charge in [0.1, 0.15) is 0 Å². The molecule has 3 aromatic rings. The normalized spacial score (nSPS) is 11.1. The molecule has 2 amide bonds. The third-order valence-corrected chi connectivity index (χ3v) is 4.47. The highest BCUT2D eigenvalue weighted by Gasteiger charge is 2.06. The number of hydrogen-bond acceptors (Lipinski definition) is 2. The van der Waals surface area contributed by atoms with Crippen molar-refractivity contribution in [1.29, 1.82) is 0 Å². The number of nitrogens with zero attached hydrogens (tertiary/aromatic N) is 1. The molecule has 2 N–H and O–H groups in total. The summed E-state index contributed by atoms with van der Waals surface area (Å²) < 4.78 is 2.25. The van der Waals surface area contributed by atoms with Gasteiger partial charge in [0, 0.05) is 34.2 Å². The summed E-state index contributed by atoms with van der Waals surface area (Å²) in [6.07, 6.45) is 2.10. The molecule has 0 atom stereocenters. The zero-order valence-electron chi connectivity index (χ0n) is 13.4. The van der Waals surface area contributed by atoms with Gasteiger partial charge in [-0.15, -0.1) is 11.3 Å². The van der Waals surface area contributed by atoms with Gasteiger partial charge in [-0.3, -0.25) is 0 Å². The molecule has 2 heterocycles. The van der Waals surface area contributed by atoms with Gasteiger partial charge in [0.2, 0.25) is 0 Å². The summed E-state index contributed by atoms with van der Waals surface area (Å²) in [5.41, 5.74) is 2.01. The number of thiophene rings is 1. The number of fused-ring (bicyclic) bond motifs is 1. The van der Waals surface area contributed by atoms with E-state index in [1.807, 2.05) is 29.6 Å². The molecule has 0 aliphatic rings. The lowest BCUT2D eigenvalue weighted by Crippen LogP contribution is -2.27. The van der Waals surface area contributed by atoms with E-state index in [-0.39, 0.29) is 6.03 Å². The number of rotatable bonds is 5. The van der Waals surface area contributed by atoms with Crippen LogP contribution in [0.25, 0.3) is 10.9 Å². The number of anilines is 1. The van der Waals surface area contributed by atoms with Crippen LogP contribution in [0.3, 0.4) is 0 Å². The molecule has 0 radical (unpaired) electrons. The van der Waals surface area contributed by atoms with Crippen LogP contribution in [0.2, 0.25) is 0 Å². The average molecular weight is 327 g/mol. The van der Waals surface area contributed by atoms with E-state index in [1.165, 1.54) is 5.52 Å². The molecular weight excluding hydrogens is 306 g/mol. The first-order valence-corrected chi connectivity index (χ1v) is 8.66. The van der Waals surface area contributed by atoms with Crippen LogP contribution in [0.4, 0.5) is 10.5 Å². The molecule has 4 nitrogen and oxygen atoms in total. The quantitative estimate of drug-likeness (QED) is 0.702. The largest absolute Gasteiger partial charge is 0.347 e. The predicted octanol–water partition coefficient (Wildman–Crippen LogP) is 4.68. The molecule has 23 heavy (non-hydrogen) atoms. The van der Waals surface area contributed by atoms with Gasteiger partial charge < -0.3 is 15.2 Å². The number of aromatic nitrogens is 1. The molecule has 0 bridgehead atoms. The maximum atomic E-state index is 12.0. The fraction of sp³-hybridized carbons (Fsp3) is 0.278. The van der Waals surface area contributed by atoms with Crippen LogP contribution in [0.5, 0.6) is 0 Å². The Hall–Kier alpha value is -2.27. The molecule has 0 fully saturated rings. The van der Waals surface area contributed by atoms with Gasteiger partial charge in [0.25, 0.3) is 0 Å². The average Bonchev–Trinajstić information content (AvgIpc) is 3.15. The minimum Gasteiger partial charge on any atom is -0.347 e. The Morgan fingerprint density at radius 1 is 1.26 bits per heavy atom. The summed E-state index contributed by atoms with van der Waals surface area (Å²) in [5, 5.41) is 8.91. The van der Waals surface area contributed by atoms with Crippen molar-refractivity contribution in [1.82, 2.24) is 9.88 Å². The van der Waals surface area contributed by atoms with Crippen LogP contribution in [-0.2, 0) is 13.1 Å². The molecular formula is C18H21N3OS. The second-order valence-electron chi connectivity index (χ2n) is 6.02. The molecule has 0 unspecified atom stereocenters. The lowest BCUT2D eigenvalue weighted by Gasteiger charge is -2.10. The van der Waals surface area contributed by atoms with Gasteiger partial charge >= 0.3 is 6.03 Å². The molecule has 1 aromatic carbocycles. The highest BCUT2D eigenvalue weighted by atomic mass is 32.1. The van der Waals surface area contributed by atoms with Crippen LogP contribution in [0, 0.1) is 5.92 Å². The first kappa shape index (κ1) is 15.6. The van der Waals surface area contributed by atoms with Crippen molar-refractivity contribution in [3.8, 4) is 0 Å². The Labute approximate surface area is 140 Å². The van der Waals surface area contributed by atoms with Crippen LogP contribution in [0.15, 0.2) is 48.0 Å². The van der Waals surface area contributed by atoms with Crippen molar-refractivity contribution in [3.63, 3.8) is 0 Å². The fourth-order valence-corrected chi connectivity index (χ4v) is 3.23. The minimum atomic E-state index is -0.181. The summed E-state index contributed by atoms with van der Waals surface area (Å²) in [4.78, 5) is 13.1. The lowest BCUT2D eigenvalue weighted by atomic mass is 10.2. The number of carbonyl (C=O) groups is 1. The van der Waals surface area contributed by atoms with Gasteiger partial charge in [-0.1, -0.05) is 19.9 Å². The molecule has 0 aliphatic heterocycles. The van der Waals surface area contributed by atoms with E-state index in [2.05, 4.69) is 47.4 Å². The third kappa shape index (κ3) is 3.93. The molecule has 2 aromatic heterocycles. The molecule has 0 saturated heterocycles. The van der Waals surface area contributed by atoms with Gasteiger partial charge in [-0.2, -0.15) is 0 Å². The standard InChI is InChI=1S/C18H21N3OS/c1-13(2)12-21-8-7-14-10-15(5-6-17(14)21)20-18(22)19-11-16-4-3-9-23-16/h3-10,13H,11-12H2,1-2H3,(H2,19,20,22). The van der Waals surface area contributed by atoms with Gasteiger partial charge in [-0.25, -0.2) is 4.79 Å². The van der Waals surface area contributed by atoms with Crippen molar-refractivity contribution in [3.05, 3.63) is 52.9 Å². The van der Waals surface area contributed by atoms with Crippen molar-refractivity contribution in [2.45, 2.75) is 26.9 Å². The maximum Gasteiger partial charge on any atom is 0.319 e. The van der Waals surface area contributed by atoms with E-state index in [0.29, 0.717) is 12.5 Å². The number of amides is 2. The van der Waals surface area contributed by atoms with E-state index >= 15 is 0 Å². The SMILES string of the molecule is CC(C)Cn1ccc2cc(NC(=O)NCc3cccs3)ccc21. The first-order chi connectivity index (χ1) is 11.1. The second-order valence-corrected chi connectivity index (χ2v) is 7.05. The second kappa shape index (κ2) is 6.87. The zero-order valence-corrected chi connectivity index (χ0v) is 14.2. The summed E-state index contributed by atoms with van der Waals surface area (Å²) in [6.45, 7) is 5.97. The Bertz CT molecular complexity index is 790. The van der Waals surface area contributed by atoms with E-state index in [0.717, 1.165) is 22.5 Å². The third-order valence-electron chi connectivity index (χ3n) is 3.59. The Morgan fingerprint density at radius 2 is 2.13 bits per heavy atom. The monoisotopic (exact) mass is 327 g/mol. The molecule has 5 heteroatoms. The van der Waals surface area contributed by atoms with E-state index in [4.69, 9.17) is 0 Å². The Kier molecular flexibility index (Phi) is 4.67. The summed E-state index contributed by atoms with van der Waals surface area (Å²) in [6, 6.07) is 11.9. The minimum absolute atomic E-state index is 0.181. The smallest absolute Gasteiger partial charge is 0.319 e. The molecule has 3 rings (SSSR count). The number of hydrogen-bond donors (Lipinski definition) is 2. The Balaban J connectivity index is 1.65. The molecule has 0 aliphatic carbocycles. The fourth-order valence-electron chi connectivity index (χ4n) is 2.59. The van der Waals surface area contributed by atoms with Crippen molar-refractivity contribution in [2.75, 3.05) is 5.32 Å². The predicted molar refractivity (Wildman–Crippen MR) is 97.0 cm³/mol. The molecule has 120 valence electrons. The highest BCUT2D eigenvalue weighted by molar-refractivity contribution is 7.09. The van der Waals surface area contributed by atoms with Gasteiger partial charge in [-0.05, 0) is 41.6 Å². The number of benzene rings is 1. The number of carbonyl (C=O) groups excluding carboxylic acids is 1. The Morgan fingerprint density at radius 3 is 2.87 bits per heavy atom. The zero-order chi connectivity index (χ0) is 16.2. The first-order valence-electron chi connectivity index (χ1n) is 7.78. The van der Waals surface area contributed by atoms with E-state index < -0.39 is 0 Å². The van der Waals surface area contributed by atoms with Crippen LogP contribution >= 0.6 is 11.3 Å². The number of nitrogens with one attached hydrogen (secondary N) is 2. The van der Waals surface area contributed by atoms with E-state index in [9.17, 15) is 4.79 Å².